The Morgan fingerprint density at radius 1 is 0.711 bits per heavy atom. The number of hydrogen-bond donors (Lipinski definition) is 0. The first kappa shape index (κ1) is 35.8. The van der Waals surface area contributed by atoms with Gasteiger partial charge in [0.1, 0.15) is 36.3 Å². The summed E-state index contributed by atoms with van der Waals surface area (Å²) in [5, 5.41) is 1.28. The fourth-order valence-corrected chi connectivity index (χ4v) is 6.94. The van der Waals surface area contributed by atoms with Crippen molar-refractivity contribution in [1.29, 1.82) is 0 Å². The molecule has 1 aliphatic rings. The van der Waals surface area contributed by atoms with Gasteiger partial charge < -0.3 is 28.4 Å². The lowest BCUT2D eigenvalue weighted by molar-refractivity contribution is -0.268. The molecule has 2 aromatic carbocycles. The molecule has 0 unspecified atom stereocenters. The number of unbranched alkanes of at least 4 members (excludes halogenated alkanes) is 4. The zero-order valence-electron chi connectivity index (χ0n) is 28.3. The summed E-state index contributed by atoms with van der Waals surface area (Å²) >= 11 is 1.84. The van der Waals surface area contributed by atoms with E-state index in [4.69, 9.17) is 28.4 Å². The van der Waals surface area contributed by atoms with Crippen molar-refractivity contribution in [3.63, 3.8) is 0 Å². The van der Waals surface area contributed by atoms with Gasteiger partial charge in [-0.15, -0.1) is 11.3 Å². The van der Waals surface area contributed by atoms with Crippen molar-refractivity contribution in [2.75, 3.05) is 40.1 Å². The van der Waals surface area contributed by atoms with Gasteiger partial charge in [-0.2, -0.15) is 0 Å². The molecule has 2 heterocycles. The first-order valence-corrected chi connectivity index (χ1v) is 18.2. The Kier molecular flexibility index (Phi) is 15.6. The largest absolute Gasteiger partial charge is 0.496 e. The van der Waals surface area contributed by atoms with E-state index in [-0.39, 0.29) is 30.5 Å². The predicted octanol–water partition coefficient (Wildman–Crippen LogP) is 9.31. The number of benzene rings is 2. The molecule has 0 saturated carbocycles. The molecule has 0 aliphatic carbocycles. The number of ether oxygens (including phenoxy) is 6. The maximum absolute atomic E-state index is 7.01. The van der Waals surface area contributed by atoms with Gasteiger partial charge in [0.15, 0.2) is 0 Å². The average molecular weight is 641 g/mol. The molecule has 0 N–H and O–H groups in total. The summed E-state index contributed by atoms with van der Waals surface area (Å²) in [5.74, 6) is 0.881. The molecule has 6 nitrogen and oxygen atoms in total. The third kappa shape index (κ3) is 10.2. The lowest BCUT2D eigenvalue weighted by atomic mass is 9.89. The number of methoxy groups -OCH3 is 1. The molecule has 0 spiro atoms. The summed E-state index contributed by atoms with van der Waals surface area (Å²) in [4.78, 5) is 1.30. The summed E-state index contributed by atoms with van der Waals surface area (Å²) < 4.78 is 40.4. The van der Waals surface area contributed by atoms with Crippen LogP contribution in [0.2, 0.25) is 0 Å². The molecule has 1 fully saturated rings. The molecule has 0 bridgehead atoms. The minimum Gasteiger partial charge on any atom is -0.496 e. The van der Waals surface area contributed by atoms with E-state index in [1.54, 1.807) is 7.11 Å². The second kappa shape index (κ2) is 19.6. The van der Waals surface area contributed by atoms with Crippen LogP contribution in [0.25, 0.3) is 10.1 Å². The van der Waals surface area contributed by atoms with Gasteiger partial charge in [0.05, 0.1) is 13.7 Å². The molecule has 45 heavy (non-hydrogen) atoms. The Morgan fingerprint density at radius 2 is 1.36 bits per heavy atom. The predicted molar refractivity (Wildman–Crippen MR) is 185 cm³/mol. The van der Waals surface area contributed by atoms with Crippen molar-refractivity contribution < 1.29 is 28.4 Å². The van der Waals surface area contributed by atoms with E-state index in [0.29, 0.717) is 33.0 Å². The molecule has 0 radical (unpaired) electrons. The summed E-state index contributed by atoms with van der Waals surface area (Å²) in [5.41, 5.74) is 2.21. The molecule has 1 aliphatic heterocycles. The van der Waals surface area contributed by atoms with Gasteiger partial charge in [-0.25, -0.2) is 0 Å². The normalized spacial score (nSPS) is 21.8. The Hall–Kier alpha value is -2.00. The third-order valence-corrected chi connectivity index (χ3v) is 9.57. The number of thiophene rings is 1. The summed E-state index contributed by atoms with van der Waals surface area (Å²) in [6, 6.07) is 17.3. The van der Waals surface area contributed by atoms with E-state index in [2.05, 4.69) is 76.2 Å². The van der Waals surface area contributed by atoms with Crippen LogP contribution in [0, 0.1) is 0 Å². The van der Waals surface area contributed by atoms with E-state index >= 15 is 0 Å². The Morgan fingerprint density at radius 3 is 2.02 bits per heavy atom. The quantitative estimate of drug-likeness (QED) is 0.108. The molecule has 3 aromatic rings. The zero-order chi connectivity index (χ0) is 31.9. The highest BCUT2D eigenvalue weighted by Gasteiger charge is 2.48. The van der Waals surface area contributed by atoms with Crippen molar-refractivity contribution in [2.24, 2.45) is 0 Å². The summed E-state index contributed by atoms with van der Waals surface area (Å²) in [7, 11) is 1.75. The third-order valence-electron chi connectivity index (χ3n) is 8.46. The summed E-state index contributed by atoms with van der Waals surface area (Å²) in [6.07, 6.45) is 7.62. The smallest absolute Gasteiger partial charge is 0.122 e. The molecule has 0 amide bonds. The Labute approximate surface area is 275 Å². The Bertz CT molecular complexity index is 1210. The monoisotopic (exact) mass is 640 g/mol. The maximum Gasteiger partial charge on any atom is 0.122 e. The molecular weight excluding hydrogens is 584 g/mol. The van der Waals surface area contributed by atoms with Crippen LogP contribution < -0.4 is 4.74 Å². The molecule has 1 aromatic heterocycles. The van der Waals surface area contributed by atoms with Crippen molar-refractivity contribution in [1.82, 2.24) is 0 Å². The lowest BCUT2D eigenvalue weighted by Gasteiger charge is -2.46. The zero-order valence-corrected chi connectivity index (χ0v) is 29.1. The van der Waals surface area contributed by atoms with Gasteiger partial charge in [-0.3, -0.25) is 0 Å². The molecule has 1 saturated heterocycles. The van der Waals surface area contributed by atoms with E-state index in [1.807, 2.05) is 11.3 Å². The maximum atomic E-state index is 7.01. The first-order valence-electron chi connectivity index (χ1n) is 17.4. The van der Waals surface area contributed by atoms with Crippen LogP contribution in [0.3, 0.4) is 0 Å². The molecule has 250 valence electrons. The van der Waals surface area contributed by atoms with E-state index in [1.165, 1.54) is 15.0 Å². The van der Waals surface area contributed by atoms with E-state index in [9.17, 15) is 0 Å². The standard InChI is InChI=1S/C38H56O6S/c1-6-10-20-40-27-33-36(41-21-11-7-2)38(43-23-13-9-4)37(42-22-12-8-3)35(44-33)29-18-19-32(39-5)30(24-29)26-31-25-28-16-14-15-17-34(28)45-31/h14-19,24-25,33,35-38H,6-13,20-23,26-27H2,1-5H3/t33-,35+,36-,37+,38+/m1/s1. The van der Waals surface area contributed by atoms with Gasteiger partial charge in [0.2, 0.25) is 0 Å². The van der Waals surface area contributed by atoms with Crippen molar-refractivity contribution in [3.8, 4) is 5.75 Å². The SMILES string of the molecule is CCCCOC[C@H]1O[C@@H](c2ccc(OC)c(Cc3cc4ccccc4s3)c2)[C@H](OCCCC)[C@@H](OCCCC)[C@@H]1OCCCC. The van der Waals surface area contributed by atoms with Gasteiger partial charge in [0.25, 0.3) is 0 Å². The number of fused-ring (bicyclic) bond motifs is 1. The topological polar surface area (TPSA) is 55.4 Å². The number of hydrogen-bond acceptors (Lipinski definition) is 7. The number of rotatable bonds is 21. The van der Waals surface area contributed by atoms with Crippen LogP contribution >= 0.6 is 11.3 Å². The van der Waals surface area contributed by atoms with Crippen LogP contribution in [-0.4, -0.2) is 64.6 Å². The van der Waals surface area contributed by atoms with E-state index < -0.39 is 0 Å². The Balaban J connectivity index is 1.69. The molecular formula is C38H56O6S. The van der Waals surface area contributed by atoms with Crippen molar-refractivity contribution >= 4 is 21.4 Å². The van der Waals surface area contributed by atoms with Crippen LogP contribution in [0.4, 0.5) is 0 Å². The van der Waals surface area contributed by atoms with Gasteiger partial charge >= 0.3 is 0 Å². The summed E-state index contributed by atoms with van der Waals surface area (Å²) in [6.45, 7) is 11.9. The van der Waals surface area contributed by atoms with Crippen LogP contribution in [0.15, 0.2) is 48.5 Å². The fraction of sp³-hybridized carbons (Fsp3) is 0.632. The fourth-order valence-electron chi connectivity index (χ4n) is 5.85. The van der Waals surface area contributed by atoms with Gasteiger partial charge in [-0.1, -0.05) is 77.6 Å². The van der Waals surface area contributed by atoms with Gasteiger partial charge in [0, 0.05) is 42.4 Å². The second-order valence-electron chi connectivity index (χ2n) is 12.1. The minimum absolute atomic E-state index is 0.267. The molecule has 7 heteroatoms. The highest BCUT2D eigenvalue weighted by atomic mass is 32.1. The lowest BCUT2D eigenvalue weighted by Crippen LogP contribution is -2.58. The van der Waals surface area contributed by atoms with Crippen molar-refractivity contribution in [2.45, 2.75) is 116 Å². The van der Waals surface area contributed by atoms with Crippen LogP contribution in [-0.2, 0) is 30.1 Å². The van der Waals surface area contributed by atoms with Gasteiger partial charge in [-0.05, 0) is 66.5 Å². The highest BCUT2D eigenvalue weighted by molar-refractivity contribution is 7.19. The molecule has 5 atom stereocenters. The second-order valence-corrected chi connectivity index (χ2v) is 13.3. The average Bonchev–Trinajstić information content (AvgIpc) is 3.47. The van der Waals surface area contributed by atoms with E-state index in [0.717, 1.165) is 74.7 Å². The van der Waals surface area contributed by atoms with Crippen LogP contribution in [0.1, 0.15) is 101 Å². The highest BCUT2D eigenvalue weighted by Crippen LogP contribution is 2.40. The van der Waals surface area contributed by atoms with Crippen molar-refractivity contribution in [3.05, 3.63) is 64.5 Å². The molecule has 4 rings (SSSR count). The minimum atomic E-state index is -0.327. The first-order chi connectivity index (χ1) is 22.1. The van der Waals surface area contributed by atoms with Crippen LogP contribution in [0.5, 0.6) is 5.75 Å².